The van der Waals surface area contributed by atoms with Gasteiger partial charge in [0.2, 0.25) is 0 Å². The van der Waals surface area contributed by atoms with E-state index in [1.165, 1.54) is 11.8 Å². The molecule has 0 N–H and O–H groups in total. The maximum atomic E-state index is 5.54. The highest BCUT2D eigenvalue weighted by Gasteiger charge is 2.20. The number of thiophene rings is 1. The Labute approximate surface area is 193 Å². The van der Waals surface area contributed by atoms with E-state index in [9.17, 15) is 0 Å². The first-order valence-electron chi connectivity index (χ1n) is 9.93. The highest BCUT2D eigenvalue weighted by atomic mass is 32.2. The Bertz CT molecular complexity index is 1390. The number of rotatable bonds is 7. The second kappa shape index (κ2) is 8.94. The van der Waals surface area contributed by atoms with Gasteiger partial charge in [-0.1, -0.05) is 48.5 Å². The van der Waals surface area contributed by atoms with Gasteiger partial charge in [-0.15, -0.1) is 28.1 Å². The van der Waals surface area contributed by atoms with Gasteiger partial charge in [-0.2, -0.15) is 0 Å². The summed E-state index contributed by atoms with van der Waals surface area (Å²) >= 11 is 3.10. The maximum Gasteiger partial charge on any atom is 0.198 e. The van der Waals surface area contributed by atoms with Crippen LogP contribution in [-0.2, 0) is 6.54 Å². The summed E-state index contributed by atoms with van der Waals surface area (Å²) in [5, 5.41) is 13.7. The summed E-state index contributed by atoms with van der Waals surface area (Å²) in [6.45, 7) is 4.48. The van der Waals surface area contributed by atoms with Gasteiger partial charge in [0.15, 0.2) is 11.0 Å². The van der Waals surface area contributed by atoms with Crippen molar-refractivity contribution in [2.75, 3.05) is 7.11 Å². The van der Waals surface area contributed by atoms with Crippen molar-refractivity contribution in [2.24, 2.45) is 0 Å². The molecule has 3 aromatic heterocycles. The Kier molecular flexibility index (Phi) is 5.70. The minimum atomic E-state index is 0.562. The van der Waals surface area contributed by atoms with Gasteiger partial charge in [0.05, 0.1) is 18.1 Å². The molecule has 158 valence electrons. The summed E-state index contributed by atoms with van der Waals surface area (Å²) in [7, 11) is 1.65. The van der Waals surface area contributed by atoms with Crippen LogP contribution in [0, 0.1) is 0 Å². The zero-order chi connectivity index (χ0) is 21.9. The molecule has 0 bridgehead atoms. The number of fused-ring (bicyclic) bond motifs is 1. The lowest BCUT2D eigenvalue weighted by Gasteiger charge is -2.11. The molecule has 32 heavy (non-hydrogen) atoms. The van der Waals surface area contributed by atoms with Crippen molar-refractivity contribution in [2.45, 2.75) is 16.7 Å². The van der Waals surface area contributed by atoms with Gasteiger partial charge >= 0.3 is 0 Å². The molecule has 5 rings (SSSR count). The Hall–Kier alpha value is -3.49. The number of para-hydroxylation sites is 1. The molecule has 0 amide bonds. The van der Waals surface area contributed by atoms with Crippen molar-refractivity contribution in [1.29, 1.82) is 0 Å². The minimum absolute atomic E-state index is 0.562. The Morgan fingerprint density at radius 2 is 1.84 bits per heavy atom. The van der Waals surface area contributed by atoms with Crippen LogP contribution in [0.2, 0.25) is 0 Å². The van der Waals surface area contributed by atoms with E-state index in [2.05, 4.69) is 44.3 Å². The molecule has 0 aliphatic rings. The van der Waals surface area contributed by atoms with E-state index in [0.717, 1.165) is 48.7 Å². The van der Waals surface area contributed by atoms with Crippen molar-refractivity contribution in [1.82, 2.24) is 24.7 Å². The molecule has 0 aliphatic carbocycles. The lowest BCUT2D eigenvalue weighted by atomic mass is 10.1. The van der Waals surface area contributed by atoms with Gasteiger partial charge in [-0.25, -0.2) is 9.97 Å². The number of benzene rings is 2. The monoisotopic (exact) mass is 457 g/mol. The molecule has 3 heterocycles. The summed E-state index contributed by atoms with van der Waals surface area (Å²) in [4.78, 5) is 10.0. The molecule has 0 fully saturated rings. The van der Waals surface area contributed by atoms with E-state index in [-0.39, 0.29) is 0 Å². The molecule has 0 aliphatic heterocycles. The lowest BCUT2D eigenvalue weighted by Crippen LogP contribution is -2.02. The first-order chi connectivity index (χ1) is 15.8. The average molecular weight is 458 g/mol. The summed E-state index contributed by atoms with van der Waals surface area (Å²) in [6.07, 6.45) is 3.44. The first kappa shape index (κ1) is 20.4. The standard InChI is InChI=1S/C24H19N5OS2/c1-3-13-29-21(17-11-7-8-12-19(17)30-2)27-28-24(29)32-23-20-18(16-9-5-4-6-10-16)14-31-22(20)25-15-26-23/h3-12,14-15H,1,13H2,2H3. The van der Waals surface area contributed by atoms with E-state index in [0.29, 0.717) is 6.54 Å². The SMILES string of the molecule is C=CCn1c(Sc2ncnc3scc(-c4ccccc4)c23)nnc1-c1ccccc1OC. The zero-order valence-electron chi connectivity index (χ0n) is 17.3. The maximum absolute atomic E-state index is 5.54. The van der Waals surface area contributed by atoms with Crippen molar-refractivity contribution >= 4 is 33.3 Å². The molecule has 0 radical (unpaired) electrons. The van der Waals surface area contributed by atoms with E-state index in [4.69, 9.17) is 4.74 Å². The van der Waals surface area contributed by atoms with Crippen LogP contribution in [0.25, 0.3) is 32.7 Å². The summed E-state index contributed by atoms with van der Waals surface area (Å²) < 4.78 is 7.57. The Morgan fingerprint density at radius 1 is 1.03 bits per heavy atom. The first-order valence-corrected chi connectivity index (χ1v) is 11.6. The minimum Gasteiger partial charge on any atom is -0.496 e. The van der Waals surface area contributed by atoms with Gasteiger partial charge in [0.25, 0.3) is 0 Å². The quantitative estimate of drug-likeness (QED) is 0.222. The van der Waals surface area contributed by atoms with E-state index in [1.54, 1.807) is 24.8 Å². The number of nitrogens with zero attached hydrogens (tertiary/aromatic N) is 5. The fourth-order valence-corrected chi connectivity index (χ4v) is 5.44. The van der Waals surface area contributed by atoms with Crippen molar-refractivity contribution < 1.29 is 4.74 Å². The molecule has 0 saturated heterocycles. The van der Waals surface area contributed by atoms with E-state index in [1.807, 2.05) is 53.1 Å². The molecule has 0 atom stereocenters. The number of hydrogen-bond donors (Lipinski definition) is 0. The van der Waals surface area contributed by atoms with Gasteiger partial charge in [0.1, 0.15) is 21.9 Å². The third-order valence-corrected chi connectivity index (χ3v) is 6.86. The predicted molar refractivity (Wildman–Crippen MR) is 129 cm³/mol. The second-order valence-corrected chi connectivity index (χ2v) is 8.70. The molecular weight excluding hydrogens is 438 g/mol. The normalized spacial score (nSPS) is 11.0. The third-order valence-electron chi connectivity index (χ3n) is 4.98. The van der Waals surface area contributed by atoms with Crippen LogP contribution >= 0.6 is 23.1 Å². The summed E-state index contributed by atoms with van der Waals surface area (Å²) in [6, 6.07) is 18.1. The fourth-order valence-electron chi connectivity index (χ4n) is 3.53. The molecule has 5 aromatic rings. The number of methoxy groups -OCH3 is 1. The van der Waals surface area contributed by atoms with E-state index < -0.39 is 0 Å². The fraction of sp³-hybridized carbons (Fsp3) is 0.0833. The lowest BCUT2D eigenvalue weighted by molar-refractivity contribution is 0.416. The molecule has 0 spiro atoms. The van der Waals surface area contributed by atoms with Gasteiger partial charge < -0.3 is 4.74 Å². The van der Waals surface area contributed by atoms with Crippen LogP contribution < -0.4 is 4.74 Å². The Morgan fingerprint density at radius 3 is 2.66 bits per heavy atom. The van der Waals surface area contributed by atoms with Crippen LogP contribution in [0.15, 0.2) is 89.1 Å². The van der Waals surface area contributed by atoms with Crippen LogP contribution in [0.1, 0.15) is 0 Å². The highest BCUT2D eigenvalue weighted by molar-refractivity contribution is 7.99. The van der Waals surface area contributed by atoms with Crippen LogP contribution in [-0.4, -0.2) is 31.8 Å². The highest BCUT2D eigenvalue weighted by Crippen LogP contribution is 2.40. The van der Waals surface area contributed by atoms with Crippen molar-refractivity contribution in [3.63, 3.8) is 0 Å². The van der Waals surface area contributed by atoms with Crippen molar-refractivity contribution in [3.05, 3.63) is 79.0 Å². The number of ether oxygens (including phenoxy) is 1. The molecule has 8 heteroatoms. The second-order valence-electron chi connectivity index (χ2n) is 6.88. The largest absolute Gasteiger partial charge is 0.496 e. The zero-order valence-corrected chi connectivity index (χ0v) is 18.9. The number of allylic oxidation sites excluding steroid dienone is 1. The topological polar surface area (TPSA) is 65.7 Å². The molecule has 6 nitrogen and oxygen atoms in total. The smallest absolute Gasteiger partial charge is 0.198 e. The van der Waals surface area contributed by atoms with Gasteiger partial charge in [-0.05, 0) is 29.5 Å². The number of hydrogen-bond acceptors (Lipinski definition) is 7. The van der Waals surface area contributed by atoms with E-state index >= 15 is 0 Å². The van der Waals surface area contributed by atoms with Crippen molar-refractivity contribution in [3.8, 4) is 28.3 Å². The molecule has 2 aromatic carbocycles. The predicted octanol–water partition coefficient (Wildman–Crippen LogP) is 5.96. The van der Waals surface area contributed by atoms with Gasteiger partial charge in [0, 0.05) is 17.5 Å². The molecular formula is C24H19N5OS2. The number of aromatic nitrogens is 5. The van der Waals surface area contributed by atoms with Gasteiger partial charge in [-0.3, -0.25) is 4.57 Å². The van der Waals surface area contributed by atoms with Crippen LogP contribution in [0.4, 0.5) is 0 Å². The van der Waals surface area contributed by atoms with Crippen LogP contribution in [0.3, 0.4) is 0 Å². The average Bonchev–Trinajstić information content (AvgIpc) is 3.45. The summed E-state index contributed by atoms with van der Waals surface area (Å²) in [5.74, 6) is 1.47. The molecule has 0 saturated carbocycles. The third kappa shape index (κ3) is 3.68. The summed E-state index contributed by atoms with van der Waals surface area (Å²) in [5.41, 5.74) is 3.13. The molecule has 0 unspecified atom stereocenters. The van der Waals surface area contributed by atoms with Crippen LogP contribution in [0.5, 0.6) is 5.75 Å². The Balaban J connectivity index is 1.61.